The molecule has 4 heterocycles. The van der Waals surface area contributed by atoms with Crippen molar-refractivity contribution in [1.82, 2.24) is 29.2 Å². The molecule has 0 spiro atoms. The van der Waals surface area contributed by atoms with Gasteiger partial charge in [-0.3, -0.25) is 14.3 Å². The van der Waals surface area contributed by atoms with Crippen molar-refractivity contribution in [3.8, 4) is 11.4 Å². The first kappa shape index (κ1) is 15.1. The Bertz CT molecular complexity index is 819. The number of rotatable bonds is 5. The van der Waals surface area contributed by atoms with E-state index < -0.39 is 0 Å². The molecular weight excluding hydrogens is 306 g/mol. The quantitative estimate of drug-likeness (QED) is 0.732. The molecule has 0 radical (unpaired) electrons. The standard InChI is InChI=1S/C16H21N7O/c1-12-14(20-11-19-12)15-16(23-5-2-17-10-13(23)21-15)18-3-4-22-6-8-24-9-7-22/h2,5,10-11,18H,3-4,6-9H2,1H3,(H,19,20). The van der Waals surface area contributed by atoms with E-state index in [-0.39, 0.29) is 0 Å². The van der Waals surface area contributed by atoms with Crippen LogP contribution in [0.5, 0.6) is 0 Å². The number of hydrogen-bond acceptors (Lipinski definition) is 6. The van der Waals surface area contributed by atoms with Crippen molar-refractivity contribution >= 4 is 11.5 Å². The van der Waals surface area contributed by atoms with Gasteiger partial charge in [0.05, 0.1) is 25.7 Å². The molecule has 0 atom stereocenters. The Morgan fingerprint density at radius 3 is 2.96 bits per heavy atom. The van der Waals surface area contributed by atoms with Gasteiger partial charge in [-0.15, -0.1) is 0 Å². The zero-order valence-corrected chi connectivity index (χ0v) is 13.7. The second kappa shape index (κ2) is 6.58. The SMILES string of the molecule is Cc1[nH]cnc1-c1nc2cnccn2c1NCCN1CCOCC1. The number of anilines is 1. The van der Waals surface area contributed by atoms with Crippen molar-refractivity contribution in [2.75, 3.05) is 44.7 Å². The highest BCUT2D eigenvalue weighted by Crippen LogP contribution is 2.28. The maximum atomic E-state index is 5.40. The lowest BCUT2D eigenvalue weighted by molar-refractivity contribution is 0.0398. The molecule has 1 saturated heterocycles. The zero-order valence-electron chi connectivity index (χ0n) is 13.7. The number of aromatic nitrogens is 5. The molecule has 0 aliphatic carbocycles. The smallest absolute Gasteiger partial charge is 0.157 e. The number of ether oxygens (including phenoxy) is 1. The number of hydrogen-bond donors (Lipinski definition) is 2. The number of nitrogens with zero attached hydrogens (tertiary/aromatic N) is 5. The lowest BCUT2D eigenvalue weighted by atomic mass is 10.2. The van der Waals surface area contributed by atoms with E-state index in [4.69, 9.17) is 9.72 Å². The molecular formula is C16H21N7O. The van der Waals surface area contributed by atoms with E-state index in [0.29, 0.717) is 0 Å². The zero-order chi connectivity index (χ0) is 16.4. The van der Waals surface area contributed by atoms with Crippen LogP contribution in [0.1, 0.15) is 5.69 Å². The van der Waals surface area contributed by atoms with Crippen molar-refractivity contribution in [3.63, 3.8) is 0 Å². The third-order valence-electron chi connectivity index (χ3n) is 4.31. The molecule has 0 amide bonds. The normalized spacial score (nSPS) is 15.9. The number of imidazole rings is 2. The monoisotopic (exact) mass is 327 g/mol. The molecule has 0 aromatic carbocycles. The lowest BCUT2D eigenvalue weighted by Gasteiger charge is -2.26. The number of H-pyrrole nitrogens is 1. The highest BCUT2D eigenvalue weighted by Gasteiger charge is 2.18. The largest absolute Gasteiger partial charge is 0.379 e. The fourth-order valence-electron chi connectivity index (χ4n) is 3.00. The molecule has 8 nitrogen and oxygen atoms in total. The van der Waals surface area contributed by atoms with Crippen molar-refractivity contribution in [2.45, 2.75) is 6.92 Å². The molecule has 1 aliphatic rings. The van der Waals surface area contributed by atoms with E-state index in [9.17, 15) is 0 Å². The van der Waals surface area contributed by atoms with Gasteiger partial charge < -0.3 is 15.0 Å². The highest BCUT2D eigenvalue weighted by molar-refractivity contribution is 5.75. The van der Waals surface area contributed by atoms with Gasteiger partial charge in [0, 0.05) is 44.3 Å². The molecule has 3 aromatic heterocycles. The van der Waals surface area contributed by atoms with Gasteiger partial charge in [-0.2, -0.15) is 0 Å². The van der Waals surface area contributed by atoms with Gasteiger partial charge in [0.2, 0.25) is 0 Å². The predicted octanol–water partition coefficient (Wildman–Crippen LogP) is 1.17. The van der Waals surface area contributed by atoms with E-state index in [1.165, 1.54) is 0 Å². The average Bonchev–Trinajstić information content (AvgIpc) is 3.19. The van der Waals surface area contributed by atoms with Crippen LogP contribution < -0.4 is 5.32 Å². The lowest BCUT2D eigenvalue weighted by Crippen LogP contribution is -2.39. The highest BCUT2D eigenvalue weighted by atomic mass is 16.5. The summed E-state index contributed by atoms with van der Waals surface area (Å²) in [7, 11) is 0. The minimum Gasteiger partial charge on any atom is -0.379 e. The molecule has 0 unspecified atom stereocenters. The first-order valence-corrected chi connectivity index (χ1v) is 8.19. The van der Waals surface area contributed by atoms with Crippen molar-refractivity contribution in [2.24, 2.45) is 0 Å². The number of morpholine rings is 1. The van der Waals surface area contributed by atoms with Crippen LogP contribution in [-0.2, 0) is 4.74 Å². The minimum atomic E-state index is 0.809. The van der Waals surface area contributed by atoms with E-state index in [1.54, 1.807) is 18.7 Å². The van der Waals surface area contributed by atoms with Gasteiger partial charge >= 0.3 is 0 Å². The van der Waals surface area contributed by atoms with Crippen molar-refractivity contribution < 1.29 is 4.74 Å². The summed E-state index contributed by atoms with van der Waals surface area (Å²) in [5.41, 5.74) is 3.53. The Morgan fingerprint density at radius 1 is 1.29 bits per heavy atom. The predicted molar refractivity (Wildman–Crippen MR) is 91.1 cm³/mol. The van der Waals surface area contributed by atoms with Gasteiger partial charge in [-0.05, 0) is 6.92 Å². The summed E-state index contributed by atoms with van der Waals surface area (Å²) in [5.74, 6) is 0.954. The Morgan fingerprint density at radius 2 is 2.17 bits per heavy atom. The Balaban J connectivity index is 1.59. The molecule has 1 aliphatic heterocycles. The molecule has 3 aromatic rings. The fourth-order valence-corrected chi connectivity index (χ4v) is 3.00. The molecule has 0 bridgehead atoms. The fraction of sp³-hybridized carbons (Fsp3) is 0.438. The van der Waals surface area contributed by atoms with Crippen molar-refractivity contribution in [3.05, 3.63) is 30.6 Å². The van der Waals surface area contributed by atoms with Crippen LogP contribution in [0.4, 0.5) is 5.82 Å². The van der Waals surface area contributed by atoms with Gasteiger partial charge in [0.25, 0.3) is 0 Å². The minimum absolute atomic E-state index is 0.809. The van der Waals surface area contributed by atoms with Crippen LogP contribution in [0.15, 0.2) is 24.9 Å². The molecule has 2 N–H and O–H groups in total. The number of fused-ring (bicyclic) bond motifs is 1. The third kappa shape index (κ3) is 2.85. The second-order valence-corrected chi connectivity index (χ2v) is 5.87. The number of aryl methyl sites for hydroxylation is 1. The maximum absolute atomic E-state index is 5.40. The maximum Gasteiger partial charge on any atom is 0.157 e. The Labute approximate surface area is 139 Å². The molecule has 8 heteroatoms. The van der Waals surface area contributed by atoms with E-state index in [2.05, 4.69) is 25.2 Å². The van der Waals surface area contributed by atoms with E-state index in [0.717, 1.165) is 67.9 Å². The van der Waals surface area contributed by atoms with E-state index in [1.807, 2.05) is 17.5 Å². The van der Waals surface area contributed by atoms with Gasteiger partial charge in [0.1, 0.15) is 17.2 Å². The summed E-state index contributed by atoms with van der Waals surface area (Å²) in [6.07, 6.45) is 7.15. The van der Waals surface area contributed by atoms with E-state index >= 15 is 0 Å². The van der Waals surface area contributed by atoms with Crippen LogP contribution >= 0.6 is 0 Å². The summed E-state index contributed by atoms with van der Waals surface area (Å²) in [6.45, 7) is 7.43. The Hall–Kier alpha value is -2.45. The van der Waals surface area contributed by atoms with Gasteiger partial charge in [-0.25, -0.2) is 9.97 Å². The van der Waals surface area contributed by atoms with Crippen LogP contribution in [0, 0.1) is 6.92 Å². The molecule has 24 heavy (non-hydrogen) atoms. The first-order valence-electron chi connectivity index (χ1n) is 8.19. The number of nitrogens with one attached hydrogen (secondary N) is 2. The summed E-state index contributed by atoms with van der Waals surface area (Å²) < 4.78 is 7.42. The Kier molecular flexibility index (Phi) is 4.14. The number of aromatic amines is 1. The topological polar surface area (TPSA) is 83.4 Å². The summed E-state index contributed by atoms with van der Waals surface area (Å²) in [5, 5.41) is 3.54. The van der Waals surface area contributed by atoms with Crippen LogP contribution in [-0.4, -0.2) is 68.6 Å². The summed E-state index contributed by atoms with van der Waals surface area (Å²) >= 11 is 0. The average molecular weight is 327 g/mol. The summed E-state index contributed by atoms with van der Waals surface area (Å²) in [4.78, 5) is 18.8. The van der Waals surface area contributed by atoms with Crippen LogP contribution in [0.2, 0.25) is 0 Å². The van der Waals surface area contributed by atoms with Crippen LogP contribution in [0.3, 0.4) is 0 Å². The summed E-state index contributed by atoms with van der Waals surface area (Å²) in [6, 6.07) is 0. The molecule has 126 valence electrons. The van der Waals surface area contributed by atoms with Gasteiger partial charge in [0.15, 0.2) is 5.65 Å². The molecule has 4 rings (SSSR count). The third-order valence-corrected chi connectivity index (χ3v) is 4.31. The van der Waals surface area contributed by atoms with Gasteiger partial charge in [-0.1, -0.05) is 0 Å². The van der Waals surface area contributed by atoms with Crippen molar-refractivity contribution in [1.29, 1.82) is 0 Å². The molecule has 1 fully saturated rings. The first-order chi connectivity index (χ1) is 11.8. The molecule has 0 saturated carbocycles. The van der Waals surface area contributed by atoms with Crippen LogP contribution in [0.25, 0.3) is 17.0 Å². The second-order valence-electron chi connectivity index (χ2n) is 5.87.